The third-order valence-corrected chi connectivity index (χ3v) is 4.11. The Bertz CT molecular complexity index is 564. The van der Waals surface area contributed by atoms with E-state index >= 15 is 0 Å². The minimum absolute atomic E-state index is 0.0275. The molecule has 22 heavy (non-hydrogen) atoms. The molecule has 0 amide bonds. The van der Waals surface area contributed by atoms with Crippen molar-refractivity contribution in [3.63, 3.8) is 0 Å². The number of aliphatic hydroxyl groups excluding tert-OH is 1. The van der Waals surface area contributed by atoms with Gasteiger partial charge in [-0.15, -0.1) is 0 Å². The van der Waals surface area contributed by atoms with E-state index in [1.807, 2.05) is 0 Å². The molecule has 0 aromatic carbocycles. The lowest BCUT2D eigenvalue weighted by molar-refractivity contribution is 0.164. The normalized spacial score (nSPS) is 21.4. The summed E-state index contributed by atoms with van der Waals surface area (Å²) in [5, 5.41) is 23.2. The molecule has 1 fully saturated rings. The second-order valence-electron chi connectivity index (χ2n) is 7.52. The Balaban J connectivity index is 2.27. The number of aromatic nitrogens is 1. The highest BCUT2D eigenvalue weighted by Crippen LogP contribution is 2.31. The molecule has 0 unspecified atom stereocenters. The molecule has 0 spiro atoms. The average Bonchev–Trinajstić information content (AvgIpc) is 2.37. The molecular formula is C17H27N3O2. The SMILES string of the molecule is Cc1ncc(CO)c(C=NC2CC(C)(C)NC(C)(C)C2)c1O. The molecule has 2 rings (SSSR count). The Labute approximate surface area is 132 Å². The summed E-state index contributed by atoms with van der Waals surface area (Å²) in [5.74, 6) is 0.0998. The smallest absolute Gasteiger partial charge is 0.145 e. The second-order valence-corrected chi connectivity index (χ2v) is 7.52. The zero-order valence-electron chi connectivity index (χ0n) is 14.1. The maximum Gasteiger partial charge on any atom is 0.145 e. The van der Waals surface area contributed by atoms with E-state index in [0.717, 1.165) is 12.8 Å². The first kappa shape index (κ1) is 16.9. The topological polar surface area (TPSA) is 77.7 Å². The molecule has 1 aliphatic heterocycles. The zero-order chi connectivity index (χ0) is 16.5. The predicted molar refractivity (Wildman–Crippen MR) is 88.5 cm³/mol. The van der Waals surface area contributed by atoms with E-state index in [1.54, 1.807) is 19.3 Å². The maximum absolute atomic E-state index is 10.2. The van der Waals surface area contributed by atoms with E-state index in [-0.39, 0.29) is 29.5 Å². The Morgan fingerprint density at radius 1 is 1.32 bits per heavy atom. The molecule has 0 radical (unpaired) electrons. The van der Waals surface area contributed by atoms with Crippen molar-refractivity contribution in [3.05, 3.63) is 23.0 Å². The van der Waals surface area contributed by atoms with Crippen molar-refractivity contribution in [2.75, 3.05) is 0 Å². The fourth-order valence-electron chi connectivity index (χ4n) is 3.48. The number of hydrogen-bond donors (Lipinski definition) is 3. The summed E-state index contributed by atoms with van der Waals surface area (Å²) in [4.78, 5) is 8.76. The van der Waals surface area contributed by atoms with Crippen LogP contribution in [-0.2, 0) is 6.61 Å². The van der Waals surface area contributed by atoms with Crippen LogP contribution in [0.5, 0.6) is 5.75 Å². The van der Waals surface area contributed by atoms with Crippen molar-refractivity contribution < 1.29 is 10.2 Å². The Kier molecular flexibility index (Phi) is 4.59. The fraction of sp³-hybridized carbons (Fsp3) is 0.647. The van der Waals surface area contributed by atoms with Gasteiger partial charge in [-0.25, -0.2) is 0 Å². The van der Waals surface area contributed by atoms with E-state index in [4.69, 9.17) is 4.99 Å². The molecule has 1 aromatic rings. The van der Waals surface area contributed by atoms with Crippen LogP contribution >= 0.6 is 0 Å². The highest BCUT2D eigenvalue weighted by atomic mass is 16.3. The lowest BCUT2D eigenvalue weighted by Gasteiger charge is -2.45. The first-order valence-corrected chi connectivity index (χ1v) is 7.74. The summed E-state index contributed by atoms with van der Waals surface area (Å²) in [6.45, 7) is 10.3. The maximum atomic E-state index is 10.2. The van der Waals surface area contributed by atoms with Gasteiger partial charge in [-0.05, 0) is 47.5 Å². The molecule has 0 atom stereocenters. The van der Waals surface area contributed by atoms with Crippen LogP contribution in [0.2, 0.25) is 0 Å². The van der Waals surface area contributed by atoms with Gasteiger partial charge in [-0.3, -0.25) is 9.98 Å². The molecule has 5 nitrogen and oxygen atoms in total. The van der Waals surface area contributed by atoms with Crippen molar-refractivity contribution in [2.24, 2.45) is 4.99 Å². The third kappa shape index (κ3) is 3.84. The minimum Gasteiger partial charge on any atom is -0.505 e. The van der Waals surface area contributed by atoms with Crippen molar-refractivity contribution in [1.29, 1.82) is 0 Å². The van der Waals surface area contributed by atoms with Gasteiger partial charge in [0.05, 0.1) is 18.3 Å². The standard InChI is InChI=1S/C17H27N3O2/c1-11-15(22)14(12(10-21)8-18-11)9-19-13-6-16(2,3)20-17(4,5)7-13/h8-9,13,20-22H,6-7,10H2,1-5H3. The van der Waals surface area contributed by atoms with Crippen LogP contribution in [0.3, 0.4) is 0 Å². The minimum atomic E-state index is -0.161. The van der Waals surface area contributed by atoms with Crippen molar-refractivity contribution >= 4 is 6.21 Å². The van der Waals surface area contributed by atoms with E-state index in [9.17, 15) is 10.2 Å². The van der Waals surface area contributed by atoms with E-state index in [1.165, 1.54) is 0 Å². The van der Waals surface area contributed by atoms with Crippen LogP contribution < -0.4 is 5.32 Å². The van der Waals surface area contributed by atoms with Crippen LogP contribution in [0.25, 0.3) is 0 Å². The summed E-state index contributed by atoms with van der Waals surface area (Å²) >= 11 is 0. The van der Waals surface area contributed by atoms with Crippen molar-refractivity contribution in [2.45, 2.75) is 71.2 Å². The highest BCUT2D eigenvalue weighted by molar-refractivity contribution is 5.85. The Hall–Kier alpha value is -1.46. The van der Waals surface area contributed by atoms with E-state index in [0.29, 0.717) is 16.8 Å². The molecule has 5 heteroatoms. The second kappa shape index (κ2) is 5.97. The molecule has 1 saturated heterocycles. The average molecular weight is 305 g/mol. The van der Waals surface area contributed by atoms with Crippen molar-refractivity contribution in [3.8, 4) is 5.75 Å². The number of pyridine rings is 1. The summed E-state index contributed by atoms with van der Waals surface area (Å²) in [5.41, 5.74) is 1.77. The molecule has 2 heterocycles. The van der Waals surface area contributed by atoms with Gasteiger partial charge in [0.2, 0.25) is 0 Å². The number of aromatic hydroxyl groups is 1. The van der Waals surface area contributed by atoms with Crippen LogP contribution in [0.15, 0.2) is 11.2 Å². The molecule has 1 aromatic heterocycles. The number of aliphatic hydroxyl groups is 1. The van der Waals surface area contributed by atoms with Gasteiger partial charge >= 0.3 is 0 Å². The van der Waals surface area contributed by atoms with Gasteiger partial charge in [0, 0.05) is 34.6 Å². The number of aryl methyl sites for hydroxylation is 1. The lowest BCUT2D eigenvalue weighted by Crippen LogP contribution is -2.58. The Morgan fingerprint density at radius 3 is 2.45 bits per heavy atom. The third-order valence-electron chi connectivity index (χ3n) is 4.11. The van der Waals surface area contributed by atoms with Crippen molar-refractivity contribution in [1.82, 2.24) is 10.3 Å². The number of rotatable bonds is 3. The van der Waals surface area contributed by atoms with Gasteiger partial charge in [0.25, 0.3) is 0 Å². The van der Waals surface area contributed by atoms with Gasteiger partial charge in [0.15, 0.2) is 0 Å². The van der Waals surface area contributed by atoms with Gasteiger partial charge in [-0.1, -0.05) is 0 Å². The summed E-state index contributed by atoms with van der Waals surface area (Å²) < 4.78 is 0. The first-order chi connectivity index (χ1) is 10.1. The number of nitrogens with zero attached hydrogens (tertiary/aromatic N) is 2. The summed E-state index contributed by atoms with van der Waals surface area (Å²) in [7, 11) is 0. The Morgan fingerprint density at radius 2 is 1.91 bits per heavy atom. The molecule has 0 saturated carbocycles. The molecular weight excluding hydrogens is 278 g/mol. The number of hydrogen-bond acceptors (Lipinski definition) is 5. The number of aliphatic imine (C=N–C) groups is 1. The first-order valence-electron chi connectivity index (χ1n) is 7.74. The number of piperidine rings is 1. The van der Waals surface area contributed by atoms with Gasteiger partial charge in [0.1, 0.15) is 5.75 Å². The predicted octanol–water partition coefficient (Wildman–Crippen LogP) is 2.32. The summed E-state index contributed by atoms with van der Waals surface area (Å²) in [6, 6.07) is 0.186. The van der Waals surface area contributed by atoms with Crippen LogP contribution in [0.1, 0.15) is 57.4 Å². The van der Waals surface area contributed by atoms with Gasteiger partial charge < -0.3 is 15.5 Å². The monoisotopic (exact) mass is 305 g/mol. The van der Waals surface area contributed by atoms with Gasteiger partial charge in [-0.2, -0.15) is 0 Å². The van der Waals surface area contributed by atoms with E-state index < -0.39 is 0 Å². The molecule has 1 aliphatic rings. The number of nitrogens with one attached hydrogen (secondary N) is 1. The highest BCUT2D eigenvalue weighted by Gasteiger charge is 2.37. The zero-order valence-corrected chi connectivity index (χ0v) is 14.1. The quantitative estimate of drug-likeness (QED) is 0.749. The molecule has 122 valence electrons. The largest absolute Gasteiger partial charge is 0.505 e. The van der Waals surface area contributed by atoms with Crippen LogP contribution in [0, 0.1) is 6.92 Å². The van der Waals surface area contributed by atoms with Crippen LogP contribution in [-0.4, -0.2) is 38.5 Å². The van der Waals surface area contributed by atoms with Crippen LogP contribution in [0.4, 0.5) is 0 Å². The molecule has 0 aliphatic carbocycles. The molecule has 0 bridgehead atoms. The van der Waals surface area contributed by atoms with E-state index in [2.05, 4.69) is 38.0 Å². The lowest BCUT2D eigenvalue weighted by atomic mass is 9.80. The molecule has 3 N–H and O–H groups in total. The fourth-order valence-corrected chi connectivity index (χ4v) is 3.48. The summed E-state index contributed by atoms with van der Waals surface area (Å²) in [6.07, 6.45) is 5.16.